The zero-order chi connectivity index (χ0) is 18.6. The Labute approximate surface area is 151 Å². The molecule has 1 aromatic carbocycles. The molecular formula is C19H30N2O3S. The number of hydrogen-bond acceptors (Lipinski definition) is 3. The number of hydrogen-bond donors (Lipinski definition) is 1. The molecule has 0 aliphatic carbocycles. The maximum Gasteiger partial charge on any atom is 0.243 e. The zero-order valence-electron chi connectivity index (χ0n) is 15.6. The van der Waals surface area contributed by atoms with Gasteiger partial charge in [0.2, 0.25) is 15.9 Å². The Kier molecular flexibility index (Phi) is 6.63. The first kappa shape index (κ1) is 19.9. The highest BCUT2D eigenvalue weighted by Gasteiger charge is 2.34. The molecule has 1 heterocycles. The second-order valence-electron chi connectivity index (χ2n) is 7.54. The summed E-state index contributed by atoms with van der Waals surface area (Å²) in [7, 11) is -3.54. The fourth-order valence-electron chi connectivity index (χ4n) is 3.50. The lowest BCUT2D eigenvalue weighted by atomic mass is 9.91. The monoisotopic (exact) mass is 366 g/mol. The van der Waals surface area contributed by atoms with Crippen molar-refractivity contribution in [3.05, 3.63) is 30.3 Å². The molecule has 2 rings (SSSR count). The molecule has 1 aromatic rings. The van der Waals surface area contributed by atoms with E-state index < -0.39 is 10.0 Å². The van der Waals surface area contributed by atoms with Crippen LogP contribution in [0, 0.1) is 17.8 Å². The molecule has 0 saturated carbocycles. The van der Waals surface area contributed by atoms with E-state index in [2.05, 4.69) is 33.0 Å². The molecule has 1 saturated heterocycles. The molecule has 1 N–H and O–H groups in total. The van der Waals surface area contributed by atoms with Crippen molar-refractivity contribution in [2.24, 2.45) is 17.8 Å². The van der Waals surface area contributed by atoms with Crippen molar-refractivity contribution in [1.82, 2.24) is 9.62 Å². The largest absolute Gasteiger partial charge is 0.353 e. The van der Waals surface area contributed by atoms with Crippen LogP contribution in [0.3, 0.4) is 0 Å². The van der Waals surface area contributed by atoms with Gasteiger partial charge in [-0.15, -0.1) is 0 Å². The Bertz CT molecular complexity index is 663. The first-order valence-electron chi connectivity index (χ1n) is 9.09. The number of sulfonamides is 1. The van der Waals surface area contributed by atoms with Crippen LogP contribution < -0.4 is 5.32 Å². The second kappa shape index (κ2) is 8.32. The van der Waals surface area contributed by atoms with E-state index in [-0.39, 0.29) is 24.4 Å². The first-order chi connectivity index (χ1) is 11.7. The van der Waals surface area contributed by atoms with E-state index in [4.69, 9.17) is 0 Å². The summed E-state index contributed by atoms with van der Waals surface area (Å²) in [6, 6.07) is 8.55. The minimum atomic E-state index is -3.54. The molecular weight excluding hydrogens is 336 g/mol. The van der Waals surface area contributed by atoms with E-state index in [1.54, 1.807) is 30.3 Å². The van der Waals surface area contributed by atoms with E-state index in [0.29, 0.717) is 29.7 Å². The number of piperidine rings is 1. The molecule has 25 heavy (non-hydrogen) atoms. The van der Waals surface area contributed by atoms with Crippen molar-refractivity contribution in [3.8, 4) is 0 Å². The Balaban J connectivity index is 2.09. The fourth-order valence-corrected chi connectivity index (χ4v) is 5.05. The fraction of sp³-hybridized carbons (Fsp3) is 0.632. The predicted molar refractivity (Wildman–Crippen MR) is 99.5 cm³/mol. The molecule has 1 aliphatic heterocycles. The minimum absolute atomic E-state index is 0.0274. The third-order valence-corrected chi connectivity index (χ3v) is 6.76. The van der Waals surface area contributed by atoms with Crippen molar-refractivity contribution in [2.75, 3.05) is 13.1 Å². The Morgan fingerprint density at radius 3 is 2.28 bits per heavy atom. The summed E-state index contributed by atoms with van der Waals surface area (Å²) in [6.07, 6.45) is 1.44. The molecule has 0 bridgehead atoms. The van der Waals surface area contributed by atoms with Crippen LogP contribution in [0.15, 0.2) is 35.2 Å². The van der Waals surface area contributed by atoms with Gasteiger partial charge in [0.05, 0.1) is 10.8 Å². The van der Waals surface area contributed by atoms with Gasteiger partial charge in [-0.05, 0) is 36.8 Å². The Morgan fingerprint density at radius 1 is 1.12 bits per heavy atom. The maximum absolute atomic E-state index is 12.8. The van der Waals surface area contributed by atoms with Crippen LogP contribution in [0.1, 0.15) is 40.5 Å². The third-order valence-electron chi connectivity index (χ3n) is 4.88. The van der Waals surface area contributed by atoms with Crippen molar-refractivity contribution < 1.29 is 13.2 Å². The predicted octanol–water partition coefficient (Wildman–Crippen LogP) is 2.88. The van der Waals surface area contributed by atoms with Crippen molar-refractivity contribution in [2.45, 2.75) is 51.5 Å². The average Bonchev–Trinajstić information content (AvgIpc) is 2.59. The van der Waals surface area contributed by atoms with Crippen LogP contribution in [-0.4, -0.2) is 37.8 Å². The van der Waals surface area contributed by atoms with Gasteiger partial charge in [0.1, 0.15) is 0 Å². The Morgan fingerprint density at radius 2 is 1.72 bits per heavy atom. The van der Waals surface area contributed by atoms with Gasteiger partial charge >= 0.3 is 0 Å². The molecule has 6 heteroatoms. The average molecular weight is 367 g/mol. The molecule has 1 aliphatic rings. The number of benzene rings is 1. The highest BCUT2D eigenvalue weighted by molar-refractivity contribution is 7.89. The topological polar surface area (TPSA) is 66.5 Å². The normalized spacial score (nSPS) is 19.6. The zero-order valence-corrected chi connectivity index (χ0v) is 16.4. The number of carbonyl (C=O) groups excluding carboxylic acids is 1. The number of carbonyl (C=O) groups is 1. The lowest BCUT2D eigenvalue weighted by Gasteiger charge is -2.33. The van der Waals surface area contributed by atoms with Crippen LogP contribution in [-0.2, 0) is 14.8 Å². The van der Waals surface area contributed by atoms with Gasteiger partial charge < -0.3 is 5.32 Å². The number of amides is 1. The van der Waals surface area contributed by atoms with E-state index in [1.165, 1.54) is 4.31 Å². The Hall–Kier alpha value is -1.40. The molecule has 1 fully saturated rings. The highest BCUT2D eigenvalue weighted by Crippen LogP contribution is 2.24. The molecule has 1 atom stereocenters. The lowest BCUT2D eigenvalue weighted by molar-refractivity contribution is -0.127. The van der Waals surface area contributed by atoms with Crippen LogP contribution in [0.2, 0.25) is 0 Å². The summed E-state index contributed by atoms with van der Waals surface area (Å²) in [5.41, 5.74) is 0. The summed E-state index contributed by atoms with van der Waals surface area (Å²) in [4.78, 5) is 13.0. The van der Waals surface area contributed by atoms with Gasteiger partial charge in [-0.2, -0.15) is 4.31 Å². The van der Waals surface area contributed by atoms with E-state index in [9.17, 15) is 13.2 Å². The smallest absolute Gasteiger partial charge is 0.243 e. The third kappa shape index (κ3) is 4.82. The van der Waals surface area contributed by atoms with Gasteiger partial charge in [-0.3, -0.25) is 4.79 Å². The van der Waals surface area contributed by atoms with Gasteiger partial charge in [-0.1, -0.05) is 45.9 Å². The summed E-state index contributed by atoms with van der Waals surface area (Å²) in [6.45, 7) is 9.11. The van der Waals surface area contributed by atoms with Crippen LogP contribution in [0.5, 0.6) is 0 Å². The first-order valence-corrected chi connectivity index (χ1v) is 10.5. The maximum atomic E-state index is 12.8. The molecule has 1 unspecified atom stereocenters. The summed E-state index contributed by atoms with van der Waals surface area (Å²) < 4.78 is 27.0. The molecule has 0 spiro atoms. The molecule has 0 aromatic heterocycles. The molecule has 0 radical (unpaired) electrons. The van der Waals surface area contributed by atoms with Crippen LogP contribution in [0.4, 0.5) is 0 Å². The van der Waals surface area contributed by atoms with Crippen LogP contribution >= 0.6 is 0 Å². The summed E-state index contributed by atoms with van der Waals surface area (Å²) in [5.74, 6) is 0.376. The minimum Gasteiger partial charge on any atom is -0.353 e. The number of rotatable bonds is 6. The summed E-state index contributed by atoms with van der Waals surface area (Å²) in [5, 5.41) is 3.14. The standard InChI is InChI=1S/C19H30N2O3S/c1-14(2)18(15(3)4)20-19(22)16-9-8-12-21(13-16)25(23,24)17-10-6-5-7-11-17/h5-7,10-11,14-16,18H,8-9,12-13H2,1-4H3,(H,20,22). The number of nitrogens with one attached hydrogen (secondary N) is 1. The molecule has 140 valence electrons. The molecule has 1 amide bonds. The van der Waals surface area contributed by atoms with Gasteiger partial charge in [0.15, 0.2) is 0 Å². The SMILES string of the molecule is CC(C)C(NC(=O)C1CCCN(S(=O)(=O)c2ccccc2)C1)C(C)C. The quantitative estimate of drug-likeness (QED) is 0.842. The summed E-state index contributed by atoms with van der Waals surface area (Å²) >= 11 is 0. The van der Waals surface area contributed by atoms with Crippen LogP contribution in [0.25, 0.3) is 0 Å². The van der Waals surface area contributed by atoms with E-state index in [0.717, 1.165) is 6.42 Å². The molecule has 5 nitrogen and oxygen atoms in total. The number of nitrogens with zero attached hydrogens (tertiary/aromatic N) is 1. The van der Waals surface area contributed by atoms with Crippen molar-refractivity contribution in [3.63, 3.8) is 0 Å². The highest BCUT2D eigenvalue weighted by atomic mass is 32.2. The van der Waals surface area contributed by atoms with Crippen molar-refractivity contribution >= 4 is 15.9 Å². The van der Waals surface area contributed by atoms with Gasteiger partial charge in [0.25, 0.3) is 0 Å². The van der Waals surface area contributed by atoms with Gasteiger partial charge in [0, 0.05) is 19.1 Å². The second-order valence-corrected chi connectivity index (χ2v) is 9.48. The van der Waals surface area contributed by atoms with Crippen molar-refractivity contribution in [1.29, 1.82) is 0 Å². The van der Waals surface area contributed by atoms with Gasteiger partial charge in [-0.25, -0.2) is 8.42 Å². The van der Waals surface area contributed by atoms with E-state index >= 15 is 0 Å². The lowest BCUT2D eigenvalue weighted by Crippen LogP contribution is -2.49. The van der Waals surface area contributed by atoms with E-state index in [1.807, 2.05) is 0 Å².